The molecule has 0 aromatic heterocycles. The lowest BCUT2D eigenvalue weighted by molar-refractivity contribution is -0.131. The Morgan fingerprint density at radius 3 is 2.50 bits per heavy atom. The van der Waals surface area contributed by atoms with Crippen molar-refractivity contribution in [1.82, 2.24) is 10.6 Å². The van der Waals surface area contributed by atoms with Crippen LogP contribution in [0.1, 0.15) is 45.6 Å². The summed E-state index contributed by atoms with van der Waals surface area (Å²) in [7, 11) is 0. The standard InChI is InChI=1S/C22H30ClN3O4/c1-22(2,3)16-5-4-15(11-17(16)23)25-21(29)19(13-6-8-30-9-7-13)26-20(28)14-10-18(27)24-12-14/h4-5,11,13-14,19H,6-10,12H2,1-3H3,(H,24,27)(H,25,29)(H,26,28)/t14-,19+/m0/s1. The van der Waals surface area contributed by atoms with Gasteiger partial charge in [0.05, 0.1) is 5.92 Å². The van der Waals surface area contributed by atoms with Gasteiger partial charge in [0.15, 0.2) is 0 Å². The number of halogens is 1. The average molecular weight is 436 g/mol. The normalized spacial score (nSPS) is 21.1. The van der Waals surface area contributed by atoms with Gasteiger partial charge in [-0.15, -0.1) is 0 Å². The van der Waals surface area contributed by atoms with Gasteiger partial charge in [0.25, 0.3) is 0 Å². The molecule has 0 bridgehead atoms. The van der Waals surface area contributed by atoms with Gasteiger partial charge in [-0.3, -0.25) is 14.4 Å². The second-order valence-electron chi connectivity index (χ2n) is 9.08. The summed E-state index contributed by atoms with van der Waals surface area (Å²) in [5.41, 5.74) is 1.47. The number of carbonyl (C=O) groups excluding carboxylic acids is 3. The van der Waals surface area contributed by atoms with E-state index < -0.39 is 12.0 Å². The Balaban J connectivity index is 1.74. The van der Waals surface area contributed by atoms with Gasteiger partial charge in [-0.05, 0) is 41.9 Å². The molecule has 2 atom stereocenters. The number of anilines is 1. The molecule has 1 aromatic rings. The Hall–Kier alpha value is -2.12. The lowest BCUT2D eigenvalue weighted by Crippen LogP contribution is -2.51. The molecule has 0 radical (unpaired) electrons. The molecule has 30 heavy (non-hydrogen) atoms. The summed E-state index contributed by atoms with van der Waals surface area (Å²) in [6.07, 6.45) is 1.52. The van der Waals surface area contributed by atoms with Crippen LogP contribution < -0.4 is 16.0 Å². The SMILES string of the molecule is CC(C)(C)c1ccc(NC(=O)[C@H](NC(=O)[C@@H]2CNC(=O)C2)C2CCOCC2)cc1Cl. The Bertz CT molecular complexity index is 815. The molecule has 2 saturated heterocycles. The van der Waals surface area contributed by atoms with E-state index in [0.29, 0.717) is 43.3 Å². The lowest BCUT2D eigenvalue weighted by Gasteiger charge is -2.31. The predicted molar refractivity (Wildman–Crippen MR) is 115 cm³/mol. The van der Waals surface area contributed by atoms with Crippen LogP contribution in [-0.4, -0.2) is 43.5 Å². The number of carbonyl (C=O) groups is 3. The molecule has 3 rings (SSSR count). The molecule has 164 valence electrons. The fraction of sp³-hybridized carbons (Fsp3) is 0.591. The highest BCUT2D eigenvalue weighted by Crippen LogP contribution is 2.31. The first-order valence-electron chi connectivity index (χ1n) is 10.4. The molecule has 0 aliphatic carbocycles. The van der Waals surface area contributed by atoms with Crippen LogP contribution in [0.5, 0.6) is 0 Å². The minimum absolute atomic E-state index is 0.0305. The molecule has 0 unspecified atom stereocenters. The maximum absolute atomic E-state index is 13.1. The highest BCUT2D eigenvalue weighted by atomic mass is 35.5. The van der Waals surface area contributed by atoms with E-state index in [1.807, 2.05) is 12.1 Å². The van der Waals surface area contributed by atoms with E-state index in [9.17, 15) is 14.4 Å². The Morgan fingerprint density at radius 1 is 1.23 bits per heavy atom. The zero-order valence-corrected chi connectivity index (χ0v) is 18.5. The molecule has 2 aliphatic heterocycles. The molecule has 2 heterocycles. The third kappa shape index (κ3) is 5.52. The van der Waals surface area contributed by atoms with Crippen LogP contribution in [0.4, 0.5) is 5.69 Å². The van der Waals surface area contributed by atoms with Crippen molar-refractivity contribution in [3.05, 3.63) is 28.8 Å². The van der Waals surface area contributed by atoms with Crippen molar-refractivity contribution in [3.63, 3.8) is 0 Å². The summed E-state index contributed by atoms with van der Waals surface area (Å²) < 4.78 is 5.41. The predicted octanol–water partition coefficient (Wildman–Crippen LogP) is 2.62. The largest absolute Gasteiger partial charge is 0.381 e. The lowest BCUT2D eigenvalue weighted by atomic mass is 9.87. The van der Waals surface area contributed by atoms with Gasteiger partial charge >= 0.3 is 0 Å². The van der Waals surface area contributed by atoms with Crippen molar-refractivity contribution in [1.29, 1.82) is 0 Å². The maximum atomic E-state index is 13.1. The van der Waals surface area contributed by atoms with E-state index in [0.717, 1.165) is 5.56 Å². The Morgan fingerprint density at radius 2 is 1.93 bits per heavy atom. The van der Waals surface area contributed by atoms with Crippen molar-refractivity contribution < 1.29 is 19.1 Å². The molecule has 7 nitrogen and oxygen atoms in total. The van der Waals surface area contributed by atoms with Crippen LogP contribution in [-0.2, 0) is 24.5 Å². The van der Waals surface area contributed by atoms with Crippen LogP contribution in [0.25, 0.3) is 0 Å². The van der Waals surface area contributed by atoms with Gasteiger partial charge in [-0.1, -0.05) is 38.4 Å². The van der Waals surface area contributed by atoms with Gasteiger partial charge in [0.1, 0.15) is 6.04 Å². The number of hydrogen-bond acceptors (Lipinski definition) is 4. The zero-order valence-electron chi connectivity index (χ0n) is 17.7. The van der Waals surface area contributed by atoms with Crippen LogP contribution >= 0.6 is 11.6 Å². The van der Waals surface area contributed by atoms with Crippen molar-refractivity contribution in [2.24, 2.45) is 11.8 Å². The van der Waals surface area contributed by atoms with Crippen LogP contribution in [0.15, 0.2) is 18.2 Å². The molecule has 0 saturated carbocycles. The maximum Gasteiger partial charge on any atom is 0.247 e. The second kappa shape index (κ2) is 9.35. The summed E-state index contributed by atoms with van der Waals surface area (Å²) in [6.45, 7) is 7.64. The third-order valence-electron chi connectivity index (χ3n) is 5.71. The van der Waals surface area contributed by atoms with Crippen molar-refractivity contribution >= 4 is 35.0 Å². The van der Waals surface area contributed by atoms with Gasteiger partial charge in [-0.25, -0.2) is 0 Å². The van der Waals surface area contributed by atoms with Crippen LogP contribution in [0, 0.1) is 11.8 Å². The summed E-state index contributed by atoms with van der Waals surface area (Å²) in [6, 6.07) is 4.78. The van der Waals surface area contributed by atoms with E-state index in [1.54, 1.807) is 6.07 Å². The molecule has 2 aliphatic rings. The van der Waals surface area contributed by atoms with Crippen LogP contribution in [0.3, 0.4) is 0 Å². The number of rotatable bonds is 5. The fourth-order valence-electron chi connectivity index (χ4n) is 3.93. The molecular weight excluding hydrogens is 406 g/mol. The van der Waals surface area contributed by atoms with E-state index in [4.69, 9.17) is 16.3 Å². The minimum atomic E-state index is -0.696. The highest BCUT2D eigenvalue weighted by Gasteiger charge is 2.35. The topological polar surface area (TPSA) is 96.5 Å². The number of benzene rings is 1. The van der Waals surface area contributed by atoms with E-state index in [2.05, 4.69) is 36.7 Å². The molecule has 3 N–H and O–H groups in total. The summed E-state index contributed by atoms with van der Waals surface area (Å²) in [5, 5.41) is 9.04. The second-order valence-corrected chi connectivity index (χ2v) is 9.48. The van der Waals surface area contributed by atoms with Crippen molar-refractivity contribution in [2.45, 2.75) is 51.5 Å². The van der Waals surface area contributed by atoms with Gasteiger partial charge in [0, 0.05) is 36.9 Å². The van der Waals surface area contributed by atoms with E-state index in [1.165, 1.54) is 0 Å². The van der Waals surface area contributed by atoms with Gasteiger partial charge < -0.3 is 20.7 Å². The monoisotopic (exact) mass is 435 g/mol. The minimum Gasteiger partial charge on any atom is -0.381 e. The first-order chi connectivity index (χ1) is 14.1. The van der Waals surface area contributed by atoms with E-state index in [-0.39, 0.29) is 35.5 Å². The van der Waals surface area contributed by atoms with Gasteiger partial charge in [0.2, 0.25) is 17.7 Å². The molecule has 0 spiro atoms. The van der Waals surface area contributed by atoms with Gasteiger partial charge in [-0.2, -0.15) is 0 Å². The third-order valence-corrected chi connectivity index (χ3v) is 6.02. The number of ether oxygens (including phenoxy) is 1. The number of hydrogen-bond donors (Lipinski definition) is 3. The summed E-state index contributed by atoms with van der Waals surface area (Å²) in [4.78, 5) is 37.3. The van der Waals surface area contributed by atoms with Crippen LogP contribution in [0.2, 0.25) is 5.02 Å². The Labute approximate surface area is 182 Å². The van der Waals surface area contributed by atoms with Crippen molar-refractivity contribution in [3.8, 4) is 0 Å². The number of amides is 3. The smallest absolute Gasteiger partial charge is 0.247 e. The molecule has 3 amide bonds. The molecule has 1 aromatic carbocycles. The molecule has 2 fully saturated rings. The first-order valence-corrected chi connectivity index (χ1v) is 10.8. The summed E-state index contributed by atoms with van der Waals surface area (Å²) >= 11 is 6.43. The molecule has 8 heteroatoms. The zero-order chi connectivity index (χ0) is 21.9. The first kappa shape index (κ1) is 22.6. The quantitative estimate of drug-likeness (QED) is 0.662. The fourth-order valence-corrected chi connectivity index (χ4v) is 4.39. The highest BCUT2D eigenvalue weighted by molar-refractivity contribution is 6.31. The van der Waals surface area contributed by atoms with Crippen molar-refractivity contribution in [2.75, 3.05) is 25.1 Å². The average Bonchev–Trinajstić information content (AvgIpc) is 3.12. The number of nitrogens with one attached hydrogen (secondary N) is 3. The van der Waals surface area contributed by atoms with E-state index >= 15 is 0 Å². The molecular formula is C22H30ClN3O4. The Kier molecular flexibility index (Phi) is 7.03. The summed E-state index contributed by atoms with van der Waals surface area (Å²) in [5.74, 6) is -1.19.